The van der Waals surface area contributed by atoms with Crippen LogP contribution in [0.15, 0.2) is 6.08 Å². The molecule has 1 aromatic rings. The Morgan fingerprint density at radius 2 is 2.55 bits per heavy atom. The van der Waals surface area contributed by atoms with Crippen molar-refractivity contribution in [1.82, 2.24) is 4.98 Å². The summed E-state index contributed by atoms with van der Waals surface area (Å²) in [6, 6.07) is 0. The number of allylic oxidation sites excluding steroid dienone is 1. The predicted molar refractivity (Wildman–Crippen MR) is 49.0 cm³/mol. The second-order valence-corrected chi connectivity index (χ2v) is 4.48. The van der Waals surface area contributed by atoms with E-state index in [1.54, 1.807) is 11.3 Å². The summed E-state index contributed by atoms with van der Waals surface area (Å²) in [5, 5.41) is 0. The molecule has 0 amide bonds. The number of fused-ring (bicyclic) bond motifs is 1. The van der Waals surface area contributed by atoms with Gasteiger partial charge < -0.3 is 0 Å². The minimum atomic E-state index is 0.638. The minimum absolute atomic E-state index is 0.638. The third kappa shape index (κ3) is 1.33. The quantitative estimate of drug-likeness (QED) is 0.606. The standard InChI is InChI=1S/C8H8ClNS/c1-5-2-3-6-7(4-5)11-8(9)10-6/h2-3,5H,4H2,1H3. The van der Waals surface area contributed by atoms with Gasteiger partial charge in [-0.1, -0.05) is 24.6 Å². The first kappa shape index (κ1) is 7.32. The van der Waals surface area contributed by atoms with Gasteiger partial charge in [-0.3, -0.25) is 0 Å². The van der Waals surface area contributed by atoms with E-state index in [0.717, 1.165) is 12.1 Å². The average Bonchev–Trinajstić information content (AvgIpc) is 2.27. The van der Waals surface area contributed by atoms with E-state index in [1.165, 1.54) is 4.88 Å². The minimum Gasteiger partial charge on any atom is -0.225 e. The number of thiazole rings is 1. The van der Waals surface area contributed by atoms with Crippen molar-refractivity contribution in [3.63, 3.8) is 0 Å². The van der Waals surface area contributed by atoms with Crippen molar-refractivity contribution in [2.75, 3.05) is 0 Å². The maximum Gasteiger partial charge on any atom is 0.184 e. The molecule has 1 atom stereocenters. The smallest absolute Gasteiger partial charge is 0.184 e. The molecule has 0 N–H and O–H groups in total. The molecule has 1 aliphatic carbocycles. The van der Waals surface area contributed by atoms with Crippen molar-refractivity contribution in [3.8, 4) is 0 Å². The molecular formula is C8H8ClNS. The van der Waals surface area contributed by atoms with Gasteiger partial charge in [0.2, 0.25) is 0 Å². The molecule has 1 heterocycles. The lowest BCUT2D eigenvalue weighted by Gasteiger charge is -2.08. The fraction of sp³-hybridized carbons (Fsp3) is 0.375. The van der Waals surface area contributed by atoms with Gasteiger partial charge in [-0.25, -0.2) is 4.98 Å². The van der Waals surface area contributed by atoms with Gasteiger partial charge in [-0.15, -0.1) is 11.3 Å². The summed E-state index contributed by atoms with van der Waals surface area (Å²) in [4.78, 5) is 5.51. The number of aromatic nitrogens is 1. The van der Waals surface area contributed by atoms with Gasteiger partial charge in [0.15, 0.2) is 4.47 Å². The highest BCUT2D eigenvalue weighted by Gasteiger charge is 2.13. The molecule has 1 aliphatic rings. The van der Waals surface area contributed by atoms with Crippen molar-refractivity contribution in [3.05, 3.63) is 21.1 Å². The van der Waals surface area contributed by atoms with Crippen molar-refractivity contribution in [2.45, 2.75) is 13.3 Å². The van der Waals surface area contributed by atoms with Crippen LogP contribution < -0.4 is 0 Å². The van der Waals surface area contributed by atoms with Gasteiger partial charge in [0.05, 0.1) is 5.69 Å². The Kier molecular flexibility index (Phi) is 1.74. The van der Waals surface area contributed by atoms with Gasteiger partial charge in [-0.2, -0.15) is 0 Å². The SMILES string of the molecule is CC1C=Cc2nc(Cl)sc2C1. The molecule has 1 nitrogen and oxygen atoms in total. The van der Waals surface area contributed by atoms with E-state index in [1.807, 2.05) is 0 Å². The molecule has 0 fully saturated rings. The summed E-state index contributed by atoms with van der Waals surface area (Å²) in [6.07, 6.45) is 5.33. The molecule has 0 spiro atoms. The maximum absolute atomic E-state index is 5.77. The Labute approximate surface area is 74.7 Å². The highest BCUT2D eigenvalue weighted by molar-refractivity contribution is 7.15. The predicted octanol–water partition coefficient (Wildman–Crippen LogP) is 3.00. The topological polar surface area (TPSA) is 12.9 Å². The van der Waals surface area contributed by atoms with Crippen LogP contribution in [0.3, 0.4) is 0 Å². The van der Waals surface area contributed by atoms with Crippen LogP contribution in [0.4, 0.5) is 0 Å². The third-order valence-corrected chi connectivity index (χ3v) is 2.99. The fourth-order valence-corrected chi connectivity index (χ4v) is 2.51. The number of hydrogen-bond donors (Lipinski definition) is 0. The first-order valence-corrected chi connectivity index (χ1v) is 4.78. The van der Waals surface area contributed by atoms with Crippen LogP contribution in [0.2, 0.25) is 4.47 Å². The van der Waals surface area contributed by atoms with E-state index in [9.17, 15) is 0 Å². The lowest BCUT2D eigenvalue weighted by Crippen LogP contribution is -1.99. The molecule has 11 heavy (non-hydrogen) atoms. The maximum atomic E-state index is 5.77. The summed E-state index contributed by atoms with van der Waals surface area (Å²) < 4.78 is 0.661. The Morgan fingerprint density at radius 1 is 1.73 bits per heavy atom. The average molecular weight is 186 g/mol. The summed E-state index contributed by atoms with van der Waals surface area (Å²) >= 11 is 7.37. The third-order valence-electron chi connectivity index (χ3n) is 1.79. The van der Waals surface area contributed by atoms with Crippen molar-refractivity contribution >= 4 is 29.0 Å². The summed E-state index contributed by atoms with van der Waals surface area (Å²) in [7, 11) is 0. The molecule has 1 aromatic heterocycles. The molecule has 0 saturated carbocycles. The molecule has 1 unspecified atom stereocenters. The Balaban J connectivity index is 2.44. The van der Waals surface area contributed by atoms with Crippen LogP contribution >= 0.6 is 22.9 Å². The molecule has 0 saturated heterocycles. The van der Waals surface area contributed by atoms with E-state index in [0.29, 0.717) is 10.4 Å². The highest BCUT2D eigenvalue weighted by Crippen LogP contribution is 2.29. The zero-order valence-electron chi connectivity index (χ0n) is 6.17. The van der Waals surface area contributed by atoms with Crippen LogP contribution in [-0.2, 0) is 6.42 Å². The monoisotopic (exact) mass is 185 g/mol. The zero-order chi connectivity index (χ0) is 7.84. The molecule has 0 radical (unpaired) electrons. The molecule has 58 valence electrons. The fourth-order valence-electron chi connectivity index (χ4n) is 1.23. The molecule has 0 aromatic carbocycles. The molecular weight excluding hydrogens is 178 g/mol. The number of rotatable bonds is 0. The second kappa shape index (κ2) is 2.61. The molecule has 0 bridgehead atoms. The van der Waals surface area contributed by atoms with E-state index >= 15 is 0 Å². The van der Waals surface area contributed by atoms with Crippen molar-refractivity contribution in [2.24, 2.45) is 5.92 Å². The van der Waals surface area contributed by atoms with Gasteiger partial charge >= 0.3 is 0 Å². The van der Waals surface area contributed by atoms with Gasteiger partial charge in [0.25, 0.3) is 0 Å². The largest absolute Gasteiger partial charge is 0.225 e. The Hall–Kier alpha value is -0.340. The van der Waals surface area contributed by atoms with E-state index in [2.05, 4.69) is 24.1 Å². The summed E-state index contributed by atoms with van der Waals surface area (Å²) in [6.45, 7) is 2.20. The first-order valence-electron chi connectivity index (χ1n) is 3.59. The lowest BCUT2D eigenvalue weighted by molar-refractivity contribution is 0.725. The van der Waals surface area contributed by atoms with E-state index in [4.69, 9.17) is 11.6 Å². The molecule has 2 rings (SSSR count). The van der Waals surface area contributed by atoms with Crippen molar-refractivity contribution in [1.29, 1.82) is 0 Å². The summed E-state index contributed by atoms with van der Waals surface area (Å²) in [5.74, 6) is 0.638. The van der Waals surface area contributed by atoms with Crippen LogP contribution in [-0.4, -0.2) is 4.98 Å². The van der Waals surface area contributed by atoms with Crippen LogP contribution in [0.1, 0.15) is 17.5 Å². The van der Waals surface area contributed by atoms with E-state index < -0.39 is 0 Å². The molecule has 0 aliphatic heterocycles. The van der Waals surface area contributed by atoms with Crippen LogP contribution in [0.5, 0.6) is 0 Å². The van der Waals surface area contributed by atoms with E-state index in [-0.39, 0.29) is 0 Å². The van der Waals surface area contributed by atoms with Crippen LogP contribution in [0, 0.1) is 5.92 Å². The number of halogens is 1. The highest BCUT2D eigenvalue weighted by atomic mass is 35.5. The Bertz CT molecular complexity index is 303. The first-order chi connectivity index (χ1) is 5.25. The normalized spacial score (nSPS) is 21.8. The number of nitrogens with zero attached hydrogens (tertiary/aromatic N) is 1. The molecule has 3 heteroatoms. The van der Waals surface area contributed by atoms with Gasteiger partial charge in [-0.05, 0) is 18.4 Å². The lowest BCUT2D eigenvalue weighted by atomic mass is 10.0. The van der Waals surface area contributed by atoms with Gasteiger partial charge in [0, 0.05) is 4.88 Å². The Morgan fingerprint density at radius 3 is 3.36 bits per heavy atom. The van der Waals surface area contributed by atoms with Crippen molar-refractivity contribution < 1.29 is 0 Å². The van der Waals surface area contributed by atoms with Crippen LogP contribution in [0.25, 0.3) is 6.08 Å². The number of hydrogen-bond acceptors (Lipinski definition) is 2. The van der Waals surface area contributed by atoms with Gasteiger partial charge in [0.1, 0.15) is 0 Å². The second-order valence-electron chi connectivity index (χ2n) is 2.82. The summed E-state index contributed by atoms with van der Waals surface area (Å²) in [5.41, 5.74) is 1.07. The zero-order valence-corrected chi connectivity index (χ0v) is 7.75.